The Balaban J connectivity index is 1.67. The van der Waals surface area contributed by atoms with Crippen LogP contribution >= 0.6 is 0 Å². The van der Waals surface area contributed by atoms with Gasteiger partial charge in [0, 0.05) is 5.39 Å². The van der Waals surface area contributed by atoms with E-state index in [4.69, 9.17) is 9.47 Å². The van der Waals surface area contributed by atoms with Crippen LogP contribution in [0.2, 0.25) is 0 Å². The van der Waals surface area contributed by atoms with Crippen molar-refractivity contribution in [3.8, 4) is 11.5 Å². The highest BCUT2D eigenvalue weighted by Crippen LogP contribution is 2.17. The Morgan fingerprint density at radius 2 is 1.70 bits per heavy atom. The van der Waals surface area contributed by atoms with E-state index in [1.807, 2.05) is 55.5 Å². The third-order valence-corrected chi connectivity index (χ3v) is 3.47. The lowest BCUT2D eigenvalue weighted by Gasteiger charge is -2.11. The van der Waals surface area contributed by atoms with Crippen LogP contribution in [0.25, 0.3) is 10.9 Å². The van der Waals surface area contributed by atoms with Crippen molar-refractivity contribution in [2.75, 3.05) is 13.2 Å². The molecule has 0 N–H and O–H groups in total. The van der Waals surface area contributed by atoms with Gasteiger partial charge in [-0.25, -0.2) is 0 Å². The van der Waals surface area contributed by atoms with Crippen LogP contribution in [-0.2, 0) is 6.54 Å². The van der Waals surface area contributed by atoms with Gasteiger partial charge in [0.15, 0.2) is 0 Å². The molecule has 0 saturated heterocycles. The zero-order valence-electron chi connectivity index (χ0n) is 12.9. The van der Waals surface area contributed by atoms with E-state index in [1.54, 1.807) is 4.68 Å². The second-order valence-electron chi connectivity index (χ2n) is 5.00. The lowest BCUT2D eigenvalue weighted by molar-refractivity contribution is 0.291. The van der Waals surface area contributed by atoms with Gasteiger partial charge in [-0.1, -0.05) is 12.1 Å². The van der Waals surface area contributed by atoms with Crippen LogP contribution < -0.4 is 14.9 Å². The summed E-state index contributed by atoms with van der Waals surface area (Å²) in [7, 11) is 0. The molecule has 1 heterocycles. The fraction of sp³-hybridized carbons (Fsp3) is 0.222. The standard InChI is InChI=1S/C18H18N2O3/c1-2-22-14-7-9-15(10-8-14)23-12-11-20-17-6-4-3-5-16(17)18(21)13-19-20/h3-10,13H,2,11-12H2,1H3. The molecule has 118 valence electrons. The van der Waals surface area contributed by atoms with Crippen molar-refractivity contribution in [1.82, 2.24) is 9.78 Å². The third-order valence-electron chi connectivity index (χ3n) is 3.47. The monoisotopic (exact) mass is 310 g/mol. The molecule has 0 bridgehead atoms. The maximum Gasteiger partial charge on any atom is 0.207 e. The van der Waals surface area contributed by atoms with E-state index in [0.29, 0.717) is 25.1 Å². The van der Waals surface area contributed by atoms with Crippen molar-refractivity contribution in [2.45, 2.75) is 13.5 Å². The number of rotatable bonds is 6. The fourth-order valence-corrected chi connectivity index (χ4v) is 2.39. The number of nitrogens with zero attached hydrogens (tertiary/aromatic N) is 2. The minimum absolute atomic E-state index is 0.0655. The van der Waals surface area contributed by atoms with Crippen LogP contribution in [0.5, 0.6) is 11.5 Å². The summed E-state index contributed by atoms with van der Waals surface area (Å²) in [4.78, 5) is 11.8. The Kier molecular flexibility index (Phi) is 4.57. The SMILES string of the molecule is CCOc1ccc(OCCn2ncc(=O)c3ccccc32)cc1. The van der Waals surface area contributed by atoms with Gasteiger partial charge in [0.2, 0.25) is 5.43 Å². The summed E-state index contributed by atoms with van der Waals surface area (Å²) in [5, 5.41) is 4.85. The first-order valence-corrected chi connectivity index (χ1v) is 7.58. The second kappa shape index (κ2) is 6.96. The molecule has 3 aromatic rings. The average molecular weight is 310 g/mol. The molecule has 0 amide bonds. The number of fused-ring (bicyclic) bond motifs is 1. The molecule has 5 heteroatoms. The van der Waals surface area contributed by atoms with Crippen molar-refractivity contribution in [1.29, 1.82) is 0 Å². The summed E-state index contributed by atoms with van der Waals surface area (Å²) in [6.45, 7) is 3.62. The second-order valence-corrected chi connectivity index (χ2v) is 5.00. The Bertz CT molecular complexity index is 841. The fourth-order valence-electron chi connectivity index (χ4n) is 2.39. The maximum atomic E-state index is 11.8. The van der Waals surface area contributed by atoms with Gasteiger partial charge >= 0.3 is 0 Å². The first kappa shape index (κ1) is 15.1. The molecule has 0 fully saturated rings. The summed E-state index contributed by atoms with van der Waals surface area (Å²) >= 11 is 0. The van der Waals surface area contributed by atoms with Gasteiger partial charge in [-0.05, 0) is 43.3 Å². The summed E-state index contributed by atoms with van der Waals surface area (Å²) < 4.78 is 12.9. The summed E-state index contributed by atoms with van der Waals surface area (Å²) in [6.07, 6.45) is 1.35. The molecule has 0 unspecified atom stereocenters. The van der Waals surface area contributed by atoms with Gasteiger partial charge in [0.25, 0.3) is 0 Å². The highest BCUT2D eigenvalue weighted by atomic mass is 16.5. The molecule has 3 rings (SSSR count). The van der Waals surface area contributed by atoms with Crippen molar-refractivity contribution in [3.63, 3.8) is 0 Å². The van der Waals surface area contributed by atoms with Crippen molar-refractivity contribution in [3.05, 3.63) is 65.0 Å². The molecule has 0 radical (unpaired) electrons. The minimum Gasteiger partial charge on any atom is -0.494 e. The summed E-state index contributed by atoms with van der Waals surface area (Å²) in [5.74, 6) is 1.60. The average Bonchev–Trinajstić information content (AvgIpc) is 2.59. The van der Waals surface area contributed by atoms with E-state index in [9.17, 15) is 4.79 Å². The predicted molar refractivity (Wildman–Crippen MR) is 89.1 cm³/mol. The summed E-state index contributed by atoms with van der Waals surface area (Å²) in [5.41, 5.74) is 0.750. The zero-order chi connectivity index (χ0) is 16.1. The van der Waals surface area contributed by atoms with Gasteiger partial charge in [-0.3, -0.25) is 9.48 Å². The highest BCUT2D eigenvalue weighted by molar-refractivity contribution is 5.77. The Labute approximate surface area is 134 Å². The van der Waals surface area contributed by atoms with E-state index in [0.717, 1.165) is 17.0 Å². The van der Waals surface area contributed by atoms with Crippen LogP contribution in [-0.4, -0.2) is 23.0 Å². The summed E-state index contributed by atoms with van der Waals surface area (Å²) in [6, 6.07) is 15.0. The number of hydrogen-bond acceptors (Lipinski definition) is 4. The molecule has 0 atom stereocenters. The number of ether oxygens (including phenoxy) is 2. The Hall–Kier alpha value is -2.82. The highest BCUT2D eigenvalue weighted by Gasteiger charge is 2.03. The predicted octanol–water partition coefficient (Wildman–Crippen LogP) is 2.87. The van der Waals surface area contributed by atoms with Crippen LogP contribution in [0.15, 0.2) is 59.5 Å². The Morgan fingerprint density at radius 3 is 2.43 bits per heavy atom. The zero-order valence-corrected chi connectivity index (χ0v) is 12.9. The molecule has 2 aromatic carbocycles. The molecule has 0 aliphatic heterocycles. The molecule has 1 aromatic heterocycles. The molecular weight excluding hydrogens is 292 g/mol. The third kappa shape index (κ3) is 3.51. The van der Waals surface area contributed by atoms with Gasteiger partial charge in [0.1, 0.15) is 18.1 Å². The van der Waals surface area contributed by atoms with E-state index in [-0.39, 0.29) is 5.43 Å². The van der Waals surface area contributed by atoms with Crippen LogP contribution in [0.3, 0.4) is 0 Å². The van der Waals surface area contributed by atoms with E-state index < -0.39 is 0 Å². The molecule has 0 spiro atoms. The largest absolute Gasteiger partial charge is 0.494 e. The number of hydrogen-bond donors (Lipinski definition) is 0. The smallest absolute Gasteiger partial charge is 0.207 e. The van der Waals surface area contributed by atoms with Crippen molar-refractivity contribution in [2.24, 2.45) is 0 Å². The van der Waals surface area contributed by atoms with Crippen molar-refractivity contribution < 1.29 is 9.47 Å². The lowest BCUT2D eigenvalue weighted by atomic mass is 10.2. The molecule has 23 heavy (non-hydrogen) atoms. The number of para-hydroxylation sites is 1. The van der Waals surface area contributed by atoms with Gasteiger partial charge in [-0.2, -0.15) is 5.10 Å². The van der Waals surface area contributed by atoms with E-state index >= 15 is 0 Å². The van der Waals surface area contributed by atoms with E-state index in [1.165, 1.54) is 6.20 Å². The lowest BCUT2D eigenvalue weighted by Crippen LogP contribution is -2.16. The van der Waals surface area contributed by atoms with Gasteiger partial charge in [0.05, 0.1) is 24.9 Å². The topological polar surface area (TPSA) is 53.4 Å². The quantitative estimate of drug-likeness (QED) is 0.702. The minimum atomic E-state index is -0.0655. The number of aromatic nitrogens is 2. The van der Waals surface area contributed by atoms with Crippen molar-refractivity contribution >= 4 is 10.9 Å². The normalized spacial score (nSPS) is 10.7. The first-order valence-electron chi connectivity index (χ1n) is 7.58. The molecular formula is C18H18N2O3. The molecule has 5 nitrogen and oxygen atoms in total. The van der Waals surface area contributed by atoms with Gasteiger partial charge in [-0.15, -0.1) is 0 Å². The van der Waals surface area contributed by atoms with E-state index in [2.05, 4.69) is 5.10 Å². The van der Waals surface area contributed by atoms with Gasteiger partial charge < -0.3 is 9.47 Å². The molecule has 0 aliphatic carbocycles. The molecule has 0 aliphatic rings. The van der Waals surface area contributed by atoms with Crippen LogP contribution in [0.1, 0.15) is 6.92 Å². The Morgan fingerprint density at radius 1 is 1.00 bits per heavy atom. The molecule has 0 saturated carbocycles. The maximum absolute atomic E-state index is 11.8. The van der Waals surface area contributed by atoms with Crippen LogP contribution in [0, 0.1) is 0 Å². The van der Waals surface area contributed by atoms with Crippen LogP contribution in [0.4, 0.5) is 0 Å². The first-order chi connectivity index (χ1) is 11.3. The number of benzene rings is 2.